The Hall–Kier alpha value is -2.57. The van der Waals surface area contributed by atoms with Gasteiger partial charge in [0.05, 0.1) is 6.42 Å². The number of rotatable bonds is 5. The SMILES string of the molecule is C/C(CC(=O)Nc1ccc2c(c1)OCO2)=N\NC(=O)C1CCCCC1. The van der Waals surface area contributed by atoms with E-state index in [1.54, 1.807) is 25.1 Å². The van der Waals surface area contributed by atoms with Crippen molar-refractivity contribution in [2.24, 2.45) is 11.0 Å². The number of hydrazone groups is 1. The fourth-order valence-electron chi connectivity index (χ4n) is 3.06. The molecule has 0 atom stereocenters. The maximum atomic E-state index is 12.1. The molecule has 134 valence electrons. The van der Waals surface area contributed by atoms with Gasteiger partial charge in [-0.25, -0.2) is 5.43 Å². The van der Waals surface area contributed by atoms with E-state index in [0.29, 0.717) is 22.9 Å². The number of hydrogen-bond donors (Lipinski definition) is 2. The lowest BCUT2D eigenvalue weighted by Gasteiger charge is -2.19. The van der Waals surface area contributed by atoms with Crippen molar-refractivity contribution in [2.45, 2.75) is 45.4 Å². The molecule has 2 amide bonds. The summed E-state index contributed by atoms with van der Waals surface area (Å²) in [4.78, 5) is 24.1. The lowest BCUT2D eigenvalue weighted by atomic mass is 9.89. The molecule has 3 rings (SSSR count). The third-order valence-corrected chi connectivity index (χ3v) is 4.41. The quantitative estimate of drug-likeness (QED) is 0.634. The lowest BCUT2D eigenvalue weighted by Crippen LogP contribution is -2.29. The summed E-state index contributed by atoms with van der Waals surface area (Å²) in [6.07, 6.45) is 5.35. The summed E-state index contributed by atoms with van der Waals surface area (Å²) in [5.74, 6) is 1.08. The van der Waals surface area contributed by atoms with Crippen molar-refractivity contribution in [3.63, 3.8) is 0 Å². The molecule has 0 radical (unpaired) electrons. The standard InChI is InChI=1S/C18H23N3O4/c1-12(20-21-18(23)13-5-3-2-4-6-13)9-17(22)19-14-7-8-15-16(10-14)25-11-24-15/h7-8,10,13H,2-6,9,11H2,1H3,(H,19,22)(H,21,23)/b20-12+. The van der Waals surface area contributed by atoms with Gasteiger partial charge in [-0.3, -0.25) is 9.59 Å². The van der Waals surface area contributed by atoms with Gasteiger partial charge in [0.1, 0.15) is 0 Å². The van der Waals surface area contributed by atoms with Crippen molar-refractivity contribution in [1.29, 1.82) is 0 Å². The van der Waals surface area contributed by atoms with Gasteiger partial charge in [-0.15, -0.1) is 0 Å². The molecule has 0 saturated heterocycles. The number of anilines is 1. The van der Waals surface area contributed by atoms with Gasteiger partial charge in [0, 0.05) is 23.4 Å². The molecule has 2 N–H and O–H groups in total. The van der Waals surface area contributed by atoms with Crippen molar-refractivity contribution in [3.8, 4) is 11.5 Å². The second-order valence-corrected chi connectivity index (χ2v) is 6.45. The molecule has 7 nitrogen and oxygen atoms in total. The van der Waals surface area contributed by atoms with Crippen molar-refractivity contribution >= 4 is 23.2 Å². The summed E-state index contributed by atoms with van der Waals surface area (Å²) in [6, 6.07) is 5.23. The van der Waals surface area contributed by atoms with E-state index in [9.17, 15) is 9.59 Å². The number of amides is 2. The summed E-state index contributed by atoms with van der Waals surface area (Å²) >= 11 is 0. The van der Waals surface area contributed by atoms with Gasteiger partial charge in [0.2, 0.25) is 18.6 Å². The van der Waals surface area contributed by atoms with Crippen LogP contribution in [0.5, 0.6) is 11.5 Å². The first-order valence-electron chi connectivity index (χ1n) is 8.64. The molecular formula is C18H23N3O4. The summed E-state index contributed by atoms with van der Waals surface area (Å²) in [7, 11) is 0. The smallest absolute Gasteiger partial charge is 0.243 e. The van der Waals surface area contributed by atoms with Gasteiger partial charge in [-0.1, -0.05) is 19.3 Å². The molecule has 1 heterocycles. The number of carbonyl (C=O) groups is 2. The Morgan fingerprint density at radius 1 is 1.16 bits per heavy atom. The number of fused-ring (bicyclic) bond motifs is 1. The maximum absolute atomic E-state index is 12.1. The average Bonchev–Trinajstić information content (AvgIpc) is 3.08. The van der Waals surface area contributed by atoms with Crippen LogP contribution in [0.15, 0.2) is 23.3 Å². The molecule has 0 unspecified atom stereocenters. The lowest BCUT2D eigenvalue weighted by molar-refractivity contribution is -0.126. The Balaban J connectivity index is 1.47. The van der Waals surface area contributed by atoms with Gasteiger partial charge < -0.3 is 14.8 Å². The van der Waals surface area contributed by atoms with E-state index >= 15 is 0 Å². The summed E-state index contributed by atoms with van der Waals surface area (Å²) < 4.78 is 10.5. The van der Waals surface area contributed by atoms with Crippen molar-refractivity contribution in [3.05, 3.63) is 18.2 Å². The minimum atomic E-state index is -0.202. The number of ether oxygens (including phenoxy) is 2. The zero-order valence-electron chi connectivity index (χ0n) is 14.3. The van der Waals surface area contributed by atoms with Crippen molar-refractivity contribution in [1.82, 2.24) is 5.43 Å². The van der Waals surface area contributed by atoms with E-state index in [1.165, 1.54) is 6.42 Å². The highest BCUT2D eigenvalue weighted by Gasteiger charge is 2.20. The monoisotopic (exact) mass is 345 g/mol. The molecular weight excluding hydrogens is 322 g/mol. The fourth-order valence-corrected chi connectivity index (χ4v) is 3.06. The maximum Gasteiger partial charge on any atom is 0.243 e. The first kappa shape index (κ1) is 17.3. The summed E-state index contributed by atoms with van der Waals surface area (Å²) in [5, 5.41) is 6.84. The Labute approximate surface area is 146 Å². The molecule has 0 spiro atoms. The number of nitrogens with zero attached hydrogens (tertiary/aromatic N) is 1. The third kappa shape index (κ3) is 4.71. The minimum absolute atomic E-state index is 0.0461. The normalized spacial score (nSPS) is 17.2. The average molecular weight is 345 g/mol. The summed E-state index contributed by atoms with van der Waals surface area (Å²) in [5.41, 5.74) is 3.78. The van der Waals surface area contributed by atoms with Crippen LogP contribution in [0.4, 0.5) is 5.69 Å². The third-order valence-electron chi connectivity index (χ3n) is 4.41. The molecule has 1 aliphatic carbocycles. The second-order valence-electron chi connectivity index (χ2n) is 6.45. The highest BCUT2D eigenvalue weighted by atomic mass is 16.7. The van der Waals surface area contributed by atoms with Crippen molar-refractivity contribution < 1.29 is 19.1 Å². The van der Waals surface area contributed by atoms with E-state index < -0.39 is 0 Å². The summed E-state index contributed by atoms with van der Waals surface area (Å²) in [6.45, 7) is 1.92. The molecule has 1 saturated carbocycles. The van der Waals surface area contributed by atoms with Crippen LogP contribution in [-0.4, -0.2) is 24.3 Å². The Bertz CT molecular complexity index is 681. The van der Waals surface area contributed by atoms with E-state index in [-0.39, 0.29) is 30.9 Å². The molecule has 1 fully saturated rings. The molecule has 1 aliphatic heterocycles. The molecule has 25 heavy (non-hydrogen) atoms. The topological polar surface area (TPSA) is 89.0 Å². The first-order valence-corrected chi connectivity index (χ1v) is 8.64. The van der Waals surface area contributed by atoms with E-state index in [0.717, 1.165) is 25.7 Å². The van der Waals surface area contributed by atoms with Crippen LogP contribution in [0.25, 0.3) is 0 Å². The largest absolute Gasteiger partial charge is 0.454 e. The Morgan fingerprint density at radius 3 is 2.72 bits per heavy atom. The molecule has 1 aromatic rings. The van der Waals surface area contributed by atoms with Gasteiger partial charge in [0.25, 0.3) is 0 Å². The Kier molecular flexibility index (Phi) is 5.53. The van der Waals surface area contributed by atoms with Crippen LogP contribution in [0.2, 0.25) is 0 Å². The van der Waals surface area contributed by atoms with Crippen LogP contribution >= 0.6 is 0 Å². The van der Waals surface area contributed by atoms with Gasteiger partial charge >= 0.3 is 0 Å². The Morgan fingerprint density at radius 2 is 1.92 bits per heavy atom. The molecule has 0 bridgehead atoms. The van der Waals surface area contributed by atoms with Gasteiger partial charge in [-0.05, 0) is 31.9 Å². The minimum Gasteiger partial charge on any atom is -0.454 e. The number of nitrogens with one attached hydrogen (secondary N) is 2. The molecule has 0 aromatic heterocycles. The zero-order valence-corrected chi connectivity index (χ0v) is 14.3. The zero-order chi connectivity index (χ0) is 17.6. The molecule has 1 aromatic carbocycles. The van der Waals surface area contributed by atoms with Crippen LogP contribution < -0.4 is 20.2 Å². The second kappa shape index (κ2) is 8.00. The van der Waals surface area contributed by atoms with Crippen LogP contribution in [0.3, 0.4) is 0 Å². The van der Waals surface area contributed by atoms with E-state index in [1.807, 2.05) is 0 Å². The highest BCUT2D eigenvalue weighted by Crippen LogP contribution is 2.34. The van der Waals surface area contributed by atoms with Gasteiger partial charge in [-0.2, -0.15) is 5.10 Å². The van der Waals surface area contributed by atoms with Gasteiger partial charge in [0.15, 0.2) is 11.5 Å². The number of carbonyl (C=O) groups excluding carboxylic acids is 2. The van der Waals surface area contributed by atoms with E-state index in [4.69, 9.17) is 9.47 Å². The predicted molar refractivity (Wildman–Crippen MR) is 93.6 cm³/mol. The molecule has 7 heteroatoms. The van der Waals surface area contributed by atoms with Crippen LogP contribution in [0, 0.1) is 5.92 Å². The van der Waals surface area contributed by atoms with Crippen molar-refractivity contribution in [2.75, 3.05) is 12.1 Å². The predicted octanol–water partition coefficient (Wildman–Crippen LogP) is 2.82. The molecule has 2 aliphatic rings. The number of benzene rings is 1. The highest BCUT2D eigenvalue weighted by molar-refractivity contribution is 6.05. The first-order chi connectivity index (χ1) is 12.1. The van der Waals surface area contributed by atoms with Crippen LogP contribution in [0.1, 0.15) is 45.4 Å². The van der Waals surface area contributed by atoms with E-state index in [2.05, 4.69) is 15.8 Å². The fraction of sp³-hybridized carbons (Fsp3) is 0.500. The number of hydrogen-bond acceptors (Lipinski definition) is 5. The van der Waals surface area contributed by atoms with Crippen LogP contribution in [-0.2, 0) is 9.59 Å².